The Labute approximate surface area is 79.5 Å². The van der Waals surface area contributed by atoms with Gasteiger partial charge in [0.25, 0.3) is 0 Å². The number of ether oxygens (including phenoxy) is 1. The van der Waals surface area contributed by atoms with Gasteiger partial charge in [-0.2, -0.15) is 0 Å². The van der Waals surface area contributed by atoms with Crippen LogP contribution in [-0.4, -0.2) is 24.6 Å². The molecule has 1 aliphatic carbocycles. The zero-order chi connectivity index (χ0) is 9.90. The number of hydrogen-bond donors (Lipinski definition) is 2. The number of nitrogens with zero attached hydrogens (tertiary/aromatic N) is 1. The summed E-state index contributed by atoms with van der Waals surface area (Å²) in [6, 6.07) is 0.499. The maximum atomic E-state index is 5.37. The Kier molecular flexibility index (Phi) is 3.27. The van der Waals surface area contributed by atoms with Crippen molar-refractivity contribution in [2.24, 2.45) is 10.8 Å². The summed E-state index contributed by atoms with van der Waals surface area (Å²) in [6.45, 7) is 4.04. The Bertz CT molecular complexity index is 197. The molecule has 3 N–H and O–H groups in total. The van der Waals surface area contributed by atoms with Crippen molar-refractivity contribution < 1.29 is 4.74 Å². The lowest BCUT2D eigenvalue weighted by Gasteiger charge is -2.23. The third-order valence-corrected chi connectivity index (χ3v) is 2.20. The molecule has 13 heavy (non-hydrogen) atoms. The van der Waals surface area contributed by atoms with E-state index in [9.17, 15) is 0 Å². The van der Waals surface area contributed by atoms with Crippen LogP contribution < -0.4 is 11.3 Å². The molecule has 1 rings (SSSR count). The van der Waals surface area contributed by atoms with Gasteiger partial charge in [0.2, 0.25) is 0 Å². The van der Waals surface area contributed by atoms with Gasteiger partial charge in [0.15, 0.2) is 0 Å². The van der Waals surface area contributed by atoms with Crippen molar-refractivity contribution in [3.8, 4) is 0 Å². The van der Waals surface area contributed by atoms with Gasteiger partial charge in [-0.1, -0.05) is 0 Å². The monoisotopic (exact) mass is 185 g/mol. The minimum atomic E-state index is -0.194. The average molecular weight is 185 g/mol. The Morgan fingerprint density at radius 1 is 1.62 bits per heavy atom. The standard InChI is InChI=1S/C9H19N3O/c1-9(2,13-3)6-8(12-10)11-7-4-5-7/h7H,4-6,10H2,1-3H3,(H,11,12). The molecule has 0 saturated heterocycles. The number of amidine groups is 1. The predicted molar refractivity (Wildman–Crippen MR) is 53.5 cm³/mol. The van der Waals surface area contributed by atoms with Crippen LogP contribution in [0.3, 0.4) is 0 Å². The fraction of sp³-hybridized carbons (Fsp3) is 0.889. The summed E-state index contributed by atoms with van der Waals surface area (Å²) in [6.07, 6.45) is 3.12. The number of nitrogens with one attached hydrogen (secondary N) is 1. The smallest absolute Gasteiger partial charge is 0.113 e. The second-order valence-electron chi connectivity index (χ2n) is 4.09. The number of hydrogen-bond acceptors (Lipinski definition) is 3. The summed E-state index contributed by atoms with van der Waals surface area (Å²) in [7, 11) is 1.70. The van der Waals surface area contributed by atoms with E-state index in [1.807, 2.05) is 13.8 Å². The second-order valence-corrected chi connectivity index (χ2v) is 4.09. The normalized spacial score (nSPS) is 18.9. The SMILES string of the molecule is COC(C)(C)CC(=NC1CC1)NN. The predicted octanol–water partition coefficient (Wildman–Crippen LogP) is 0.826. The molecule has 1 fully saturated rings. The van der Waals surface area contributed by atoms with E-state index >= 15 is 0 Å². The molecular weight excluding hydrogens is 166 g/mol. The Morgan fingerprint density at radius 3 is 2.62 bits per heavy atom. The Morgan fingerprint density at radius 2 is 2.23 bits per heavy atom. The maximum absolute atomic E-state index is 5.37. The van der Waals surface area contributed by atoms with Crippen molar-refractivity contribution in [1.29, 1.82) is 0 Å². The number of methoxy groups -OCH3 is 1. The summed E-state index contributed by atoms with van der Waals surface area (Å²) in [4.78, 5) is 4.44. The van der Waals surface area contributed by atoms with Gasteiger partial charge in [0.1, 0.15) is 5.84 Å². The first kappa shape index (κ1) is 10.5. The van der Waals surface area contributed by atoms with Crippen molar-refractivity contribution in [3.05, 3.63) is 0 Å². The number of rotatable bonds is 4. The molecule has 1 saturated carbocycles. The molecule has 0 radical (unpaired) electrons. The van der Waals surface area contributed by atoms with Gasteiger partial charge in [-0.05, 0) is 26.7 Å². The van der Waals surface area contributed by atoms with Crippen LogP contribution in [0.2, 0.25) is 0 Å². The van der Waals surface area contributed by atoms with Gasteiger partial charge in [0, 0.05) is 13.5 Å². The van der Waals surface area contributed by atoms with Crippen molar-refractivity contribution in [2.45, 2.75) is 44.8 Å². The van der Waals surface area contributed by atoms with Gasteiger partial charge >= 0.3 is 0 Å². The minimum Gasteiger partial charge on any atom is -0.378 e. The molecule has 4 heteroatoms. The van der Waals surface area contributed by atoms with E-state index in [2.05, 4.69) is 10.4 Å². The van der Waals surface area contributed by atoms with Gasteiger partial charge in [-0.3, -0.25) is 4.99 Å². The van der Waals surface area contributed by atoms with Crippen LogP contribution >= 0.6 is 0 Å². The zero-order valence-corrected chi connectivity index (χ0v) is 8.63. The molecule has 0 atom stereocenters. The summed E-state index contributed by atoms with van der Waals surface area (Å²) < 4.78 is 5.30. The molecule has 0 aromatic rings. The van der Waals surface area contributed by atoms with Crippen molar-refractivity contribution >= 4 is 5.84 Å². The molecule has 0 unspecified atom stereocenters. The van der Waals surface area contributed by atoms with E-state index in [0.29, 0.717) is 6.04 Å². The largest absolute Gasteiger partial charge is 0.378 e. The van der Waals surface area contributed by atoms with Crippen molar-refractivity contribution in [1.82, 2.24) is 5.43 Å². The molecule has 0 bridgehead atoms. The summed E-state index contributed by atoms with van der Waals surface area (Å²) >= 11 is 0. The molecule has 0 heterocycles. The average Bonchev–Trinajstić information content (AvgIpc) is 2.87. The molecule has 0 spiro atoms. The van der Waals surface area contributed by atoms with Gasteiger partial charge in [0.05, 0.1) is 11.6 Å². The molecule has 4 nitrogen and oxygen atoms in total. The first-order chi connectivity index (χ1) is 6.07. The molecule has 1 aliphatic rings. The van der Waals surface area contributed by atoms with E-state index in [4.69, 9.17) is 10.6 Å². The summed E-state index contributed by atoms with van der Waals surface area (Å²) in [5, 5.41) is 0. The van der Waals surface area contributed by atoms with E-state index in [1.165, 1.54) is 12.8 Å². The first-order valence-corrected chi connectivity index (χ1v) is 4.66. The second kappa shape index (κ2) is 4.07. The zero-order valence-electron chi connectivity index (χ0n) is 8.63. The highest BCUT2D eigenvalue weighted by atomic mass is 16.5. The fourth-order valence-corrected chi connectivity index (χ4v) is 1.03. The highest BCUT2D eigenvalue weighted by molar-refractivity contribution is 5.82. The van der Waals surface area contributed by atoms with E-state index in [-0.39, 0.29) is 5.60 Å². The molecule has 0 amide bonds. The first-order valence-electron chi connectivity index (χ1n) is 4.66. The minimum absolute atomic E-state index is 0.194. The molecule has 76 valence electrons. The van der Waals surface area contributed by atoms with Gasteiger partial charge in [-0.15, -0.1) is 0 Å². The Balaban J connectivity index is 2.47. The molecule has 0 aliphatic heterocycles. The van der Waals surface area contributed by atoms with Crippen LogP contribution in [0.4, 0.5) is 0 Å². The third-order valence-electron chi connectivity index (χ3n) is 2.20. The fourth-order valence-electron chi connectivity index (χ4n) is 1.03. The molecular formula is C9H19N3O. The van der Waals surface area contributed by atoms with Crippen LogP contribution in [0, 0.1) is 0 Å². The Hall–Kier alpha value is -0.610. The van der Waals surface area contributed by atoms with Crippen LogP contribution in [0.25, 0.3) is 0 Å². The van der Waals surface area contributed by atoms with E-state index in [1.54, 1.807) is 7.11 Å². The van der Waals surface area contributed by atoms with Crippen molar-refractivity contribution in [3.63, 3.8) is 0 Å². The highest BCUT2D eigenvalue weighted by Crippen LogP contribution is 2.24. The number of aliphatic imine (C=N–C) groups is 1. The highest BCUT2D eigenvalue weighted by Gasteiger charge is 2.24. The summed E-state index contributed by atoms with van der Waals surface area (Å²) in [5.41, 5.74) is 2.44. The van der Waals surface area contributed by atoms with Crippen molar-refractivity contribution in [2.75, 3.05) is 7.11 Å². The lowest BCUT2D eigenvalue weighted by molar-refractivity contribution is 0.0286. The lowest BCUT2D eigenvalue weighted by Crippen LogP contribution is -2.37. The van der Waals surface area contributed by atoms with Crippen LogP contribution in [0.1, 0.15) is 33.1 Å². The quantitative estimate of drug-likeness (QED) is 0.295. The van der Waals surface area contributed by atoms with Crippen LogP contribution in [0.5, 0.6) is 0 Å². The van der Waals surface area contributed by atoms with Gasteiger partial charge in [-0.25, -0.2) is 5.84 Å². The van der Waals surface area contributed by atoms with Crippen LogP contribution in [0.15, 0.2) is 4.99 Å². The number of hydrazine groups is 1. The van der Waals surface area contributed by atoms with E-state index in [0.717, 1.165) is 12.3 Å². The van der Waals surface area contributed by atoms with Gasteiger partial charge < -0.3 is 10.2 Å². The third kappa shape index (κ3) is 3.74. The topological polar surface area (TPSA) is 59.6 Å². The van der Waals surface area contributed by atoms with Crippen LogP contribution in [-0.2, 0) is 4.74 Å². The molecule has 0 aromatic heterocycles. The maximum Gasteiger partial charge on any atom is 0.113 e. The summed E-state index contributed by atoms with van der Waals surface area (Å²) in [5.74, 6) is 6.22. The molecule has 0 aromatic carbocycles. The van der Waals surface area contributed by atoms with E-state index < -0.39 is 0 Å². The lowest BCUT2D eigenvalue weighted by atomic mass is 10.0. The number of nitrogens with two attached hydrogens (primary N) is 1.